The van der Waals surface area contributed by atoms with E-state index in [1.165, 1.54) is 6.07 Å². The van der Waals surface area contributed by atoms with Crippen LogP contribution >= 0.6 is 0 Å². The molecule has 0 fully saturated rings. The monoisotopic (exact) mass is 279 g/mol. The molecule has 0 unspecified atom stereocenters. The fraction of sp³-hybridized carbons (Fsp3) is 0.200. The molecule has 0 heterocycles. The summed E-state index contributed by atoms with van der Waals surface area (Å²) in [5.41, 5.74) is 5.63. The van der Waals surface area contributed by atoms with Crippen molar-refractivity contribution in [1.29, 1.82) is 0 Å². The number of aliphatic hydroxyl groups excluding tert-OH is 1. The molecule has 2 aromatic rings. The first-order valence-corrected chi connectivity index (χ1v) is 6.16. The Morgan fingerprint density at radius 2 is 1.80 bits per heavy atom. The Kier molecular flexibility index (Phi) is 4.65. The summed E-state index contributed by atoms with van der Waals surface area (Å²) >= 11 is 0. The van der Waals surface area contributed by atoms with E-state index in [9.17, 15) is 13.9 Å². The highest BCUT2D eigenvalue weighted by atomic mass is 19.1. The van der Waals surface area contributed by atoms with Crippen molar-refractivity contribution in [2.24, 2.45) is 5.73 Å². The van der Waals surface area contributed by atoms with Crippen LogP contribution in [0.3, 0.4) is 0 Å². The van der Waals surface area contributed by atoms with Gasteiger partial charge in [0.15, 0.2) is 11.6 Å². The van der Waals surface area contributed by atoms with Crippen LogP contribution in [0.4, 0.5) is 8.78 Å². The molecule has 0 amide bonds. The first-order valence-electron chi connectivity index (χ1n) is 6.16. The molecule has 0 aliphatic heterocycles. The maximum Gasteiger partial charge on any atom is 0.173 e. The van der Waals surface area contributed by atoms with Gasteiger partial charge in [0.2, 0.25) is 0 Å². The minimum absolute atomic E-state index is 0.113. The summed E-state index contributed by atoms with van der Waals surface area (Å²) in [7, 11) is 0. The largest absolute Gasteiger partial charge is 0.486 e. The molecule has 0 aromatic heterocycles. The highest BCUT2D eigenvalue weighted by Crippen LogP contribution is 2.28. The molecular weight excluding hydrogens is 264 g/mol. The first kappa shape index (κ1) is 14.4. The van der Waals surface area contributed by atoms with Crippen LogP contribution in [0.1, 0.15) is 17.2 Å². The minimum Gasteiger partial charge on any atom is -0.486 e. The van der Waals surface area contributed by atoms with Crippen molar-refractivity contribution in [3.05, 3.63) is 65.2 Å². The molecule has 20 heavy (non-hydrogen) atoms. The molecule has 5 heteroatoms. The van der Waals surface area contributed by atoms with Crippen LogP contribution in [0.2, 0.25) is 0 Å². The summed E-state index contributed by atoms with van der Waals surface area (Å²) in [6, 6.07) is 11.4. The van der Waals surface area contributed by atoms with E-state index in [1.54, 1.807) is 0 Å². The number of hydrogen-bond donors (Lipinski definition) is 2. The number of ether oxygens (including phenoxy) is 1. The molecule has 0 bridgehead atoms. The third-order valence-corrected chi connectivity index (χ3v) is 2.88. The highest BCUT2D eigenvalue weighted by molar-refractivity contribution is 5.34. The molecule has 2 rings (SSSR count). The average molecular weight is 279 g/mol. The molecule has 0 spiro atoms. The Labute approximate surface area is 115 Å². The van der Waals surface area contributed by atoms with Gasteiger partial charge in [-0.25, -0.2) is 8.78 Å². The summed E-state index contributed by atoms with van der Waals surface area (Å²) < 4.78 is 32.9. The summed E-state index contributed by atoms with van der Waals surface area (Å²) in [6.07, 6.45) is -1.39. The Morgan fingerprint density at radius 1 is 1.10 bits per heavy atom. The summed E-state index contributed by atoms with van der Waals surface area (Å²) in [5, 5.41) is 9.54. The zero-order valence-electron chi connectivity index (χ0n) is 10.7. The lowest BCUT2D eigenvalue weighted by Crippen LogP contribution is -2.15. The smallest absolute Gasteiger partial charge is 0.173 e. The standard InChI is InChI=1S/C15H15F2NO2/c16-11-6-7-13(15(17)14(11)12(19)8-18)20-9-10-4-2-1-3-5-10/h1-7,12,19H,8-9,18H2/t12-/m0/s1. The van der Waals surface area contributed by atoms with Gasteiger partial charge in [-0.05, 0) is 17.7 Å². The second kappa shape index (κ2) is 6.45. The number of aliphatic hydroxyl groups is 1. The number of halogens is 2. The van der Waals surface area contributed by atoms with Gasteiger partial charge in [-0.2, -0.15) is 0 Å². The maximum atomic E-state index is 14.1. The lowest BCUT2D eigenvalue weighted by Gasteiger charge is -2.14. The van der Waals surface area contributed by atoms with Crippen molar-refractivity contribution in [2.75, 3.05) is 6.54 Å². The van der Waals surface area contributed by atoms with Gasteiger partial charge in [-0.15, -0.1) is 0 Å². The molecule has 0 aliphatic carbocycles. The Hall–Kier alpha value is -1.98. The second-order valence-electron chi connectivity index (χ2n) is 4.30. The zero-order chi connectivity index (χ0) is 14.5. The van der Waals surface area contributed by atoms with Crippen LogP contribution in [0, 0.1) is 11.6 Å². The number of benzene rings is 2. The van der Waals surface area contributed by atoms with Crippen LogP contribution in [0.15, 0.2) is 42.5 Å². The first-order chi connectivity index (χ1) is 9.63. The normalized spacial score (nSPS) is 12.2. The van der Waals surface area contributed by atoms with Gasteiger partial charge >= 0.3 is 0 Å². The van der Waals surface area contributed by atoms with Gasteiger partial charge in [0, 0.05) is 6.54 Å². The van der Waals surface area contributed by atoms with E-state index in [-0.39, 0.29) is 18.9 Å². The van der Waals surface area contributed by atoms with Crippen LogP contribution in [-0.4, -0.2) is 11.7 Å². The van der Waals surface area contributed by atoms with Gasteiger partial charge < -0.3 is 15.6 Å². The van der Waals surface area contributed by atoms with Gasteiger partial charge in [-0.1, -0.05) is 30.3 Å². The van der Waals surface area contributed by atoms with Crippen LogP contribution in [0.25, 0.3) is 0 Å². The molecule has 3 N–H and O–H groups in total. The quantitative estimate of drug-likeness (QED) is 0.884. The second-order valence-corrected chi connectivity index (χ2v) is 4.30. The van der Waals surface area contributed by atoms with E-state index >= 15 is 0 Å². The van der Waals surface area contributed by atoms with E-state index in [2.05, 4.69) is 0 Å². The van der Waals surface area contributed by atoms with E-state index in [1.807, 2.05) is 30.3 Å². The lowest BCUT2D eigenvalue weighted by molar-refractivity contribution is 0.174. The molecule has 3 nitrogen and oxygen atoms in total. The van der Waals surface area contributed by atoms with Gasteiger partial charge in [0.05, 0.1) is 11.7 Å². The molecular formula is C15H15F2NO2. The van der Waals surface area contributed by atoms with Gasteiger partial charge in [-0.3, -0.25) is 0 Å². The van der Waals surface area contributed by atoms with Crippen molar-refractivity contribution >= 4 is 0 Å². The summed E-state index contributed by atoms with van der Waals surface area (Å²) in [6.45, 7) is -0.114. The summed E-state index contributed by atoms with van der Waals surface area (Å²) in [5.74, 6) is -1.87. The van der Waals surface area contributed by atoms with E-state index < -0.39 is 23.3 Å². The SMILES string of the molecule is NC[C@H](O)c1c(F)ccc(OCc2ccccc2)c1F. The molecule has 106 valence electrons. The maximum absolute atomic E-state index is 14.1. The van der Waals surface area contributed by atoms with Crippen molar-refractivity contribution in [2.45, 2.75) is 12.7 Å². The molecule has 2 aromatic carbocycles. The zero-order valence-corrected chi connectivity index (χ0v) is 10.7. The Morgan fingerprint density at radius 3 is 2.45 bits per heavy atom. The van der Waals surface area contributed by atoms with Crippen LogP contribution < -0.4 is 10.5 Å². The number of nitrogens with two attached hydrogens (primary N) is 1. The molecule has 0 saturated carbocycles. The Balaban J connectivity index is 2.20. The molecule has 1 atom stereocenters. The van der Waals surface area contributed by atoms with E-state index in [4.69, 9.17) is 10.5 Å². The highest BCUT2D eigenvalue weighted by Gasteiger charge is 2.20. The predicted octanol–water partition coefficient (Wildman–Crippen LogP) is 2.54. The minimum atomic E-state index is -1.39. The van der Waals surface area contributed by atoms with Crippen molar-refractivity contribution in [1.82, 2.24) is 0 Å². The lowest BCUT2D eigenvalue weighted by atomic mass is 10.1. The third kappa shape index (κ3) is 3.12. The van der Waals surface area contributed by atoms with Crippen molar-refractivity contribution in [3.8, 4) is 5.75 Å². The molecule has 0 aliphatic rings. The van der Waals surface area contributed by atoms with Crippen LogP contribution in [-0.2, 0) is 6.61 Å². The number of hydrogen-bond acceptors (Lipinski definition) is 3. The van der Waals surface area contributed by atoms with Crippen LogP contribution in [0.5, 0.6) is 5.75 Å². The molecule has 0 radical (unpaired) electrons. The van der Waals surface area contributed by atoms with E-state index in [0.717, 1.165) is 11.6 Å². The topological polar surface area (TPSA) is 55.5 Å². The average Bonchev–Trinajstić information content (AvgIpc) is 2.47. The van der Waals surface area contributed by atoms with Crippen molar-refractivity contribution in [3.63, 3.8) is 0 Å². The third-order valence-electron chi connectivity index (χ3n) is 2.88. The number of rotatable bonds is 5. The fourth-order valence-corrected chi connectivity index (χ4v) is 1.82. The van der Waals surface area contributed by atoms with Crippen molar-refractivity contribution < 1.29 is 18.6 Å². The predicted molar refractivity (Wildman–Crippen MR) is 71.1 cm³/mol. The van der Waals surface area contributed by atoms with E-state index in [0.29, 0.717) is 0 Å². The Bertz CT molecular complexity index is 576. The summed E-state index contributed by atoms with van der Waals surface area (Å²) in [4.78, 5) is 0. The molecule has 0 saturated heterocycles. The van der Waals surface area contributed by atoms with Gasteiger partial charge in [0.1, 0.15) is 12.4 Å². The van der Waals surface area contributed by atoms with Gasteiger partial charge in [0.25, 0.3) is 0 Å². The fourth-order valence-electron chi connectivity index (χ4n) is 1.82.